The number of nitrogens with zero attached hydrogens (tertiary/aromatic N) is 3. The second kappa shape index (κ2) is 6.03. The first kappa shape index (κ1) is 13.1. The summed E-state index contributed by atoms with van der Waals surface area (Å²) in [4.78, 5) is 19.0. The third kappa shape index (κ3) is 2.92. The number of aromatic nitrogens is 2. The monoisotopic (exact) mass is 249 g/mol. The molecule has 4 nitrogen and oxygen atoms in total. The van der Waals surface area contributed by atoms with E-state index < -0.39 is 0 Å². The van der Waals surface area contributed by atoms with Crippen molar-refractivity contribution in [2.75, 3.05) is 18.0 Å². The summed E-state index contributed by atoms with van der Waals surface area (Å²) in [6, 6.07) is 1.64. The Kier molecular flexibility index (Phi) is 4.39. The van der Waals surface area contributed by atoms with Crippen LogP contribution >= 0.6 is 0 Å². The number of aryl methyl sites for hydroxylation is 1. The topological polar surface area (TPSA) is 38.1 Å². The van der Waals surface area contributed by atoms with Crippen LogP contribution in [-0.4, -0.2) is 22.6 Å². The Balaban J connectivity index is 2.32. The lowest BCUT2D eigenvalue weighted by molar-refractivity contribution is 0.532. The quantitative estimate of drug-likeness (QED) is 0.822. The van der Waals surface area contributed by atoms with Gasteiger partial charge in [0.05, 0.1) is 0 Å². The number of hydrogen-bond acceptors (Lipinski definition) is 3. The zero-order valence-corrected chi connectivity index (χ0v) is 11.5. The summed E-state index contributed by atoms with van der Waals surface area (Å²) in [6.45, 7) is 6.89. The van der Waals surface area contributed by atoms with Crippen molar-refractivity contribution < 1.29 is 0 Å². The largest absolute Gasteiger partial charge is 0.342 e. The molecule has 1 saturated heterocycles. The first-order valence-corrected chi connectivity index (χ1v) is 7.06. The molecule has 1 fully saturated rings. The lowest BCUT2D eigenvalue weighted by Crippen LogP contribution is -2.36. The van der Waals surface area contributed by atoms with Crippen LogP contribution < -0.4 is 10.5 Å². The van der Waals surface area contributed by atoms with E-state index in [-0.39, 0.29) is 5.56 Å². The van der Waals surface area contributed by atoms with Gasteiger partial charge in [0.1, 0.15) is 0 Å². The molecule has 0 spiro atoms. The van der Waals surface area contributed by atoms with Crippen LogP contribution in [0.1, 0.15) is 44.7 Å². The molecule has 0 bridgehead atoms. The van der Waals surface area contributed by atoms with Crippen LogP contribution in [-0.2, 0) is 6.54 Å². The van der Waals surface area contributed by atoms with Crippen LogP contribution in [0, 0.1) is 6.92 Å². The molecule has 1 aliphatic heterocycles. The Morgan fingerprint density at radius 1 is 1.28 bits per heavy atom. The molecule has 4 heteroatoms. The fourth-order valence-corrected chi connectivity index (χ4v) is 2.47. The number of anilines is 1. The molecule has 0 N–H and O–H groups in total. The normalized spacial score (nSPS) is 16.0. The van der Waals surface area contributed by atoms with Crippen LogP contribution in [0.3, 0.4) is 0 Å². The van der Waals surface area contributed by atoms with Crippen molar-refractivity contribution in [1.29, 1.82) is 0 Å². The fourth-order valence-electron chi connectivity index (χ4n) is 2.47. The van der Waals surface area contributed by atoms with Gasteiger partial charge in [-0.15, -0.1) is 0 Å². The number of piperidine rings is 1. The van der Waals surface area contributed by atoms with Crippen LogP contribution in [0.15, 0.2) is 10.9 Å². The highest BCUT2D eigenvalue weighted by Crippen LogP contribution is 2.17. The van der Waals surface area contributed by atoms with Gasteiger partial charge in [0.2, 0.25) is 5.95 Å². The van der Waals surface area contributed by atoms with E-state index in [0.29, 0.717) is 0 Å². The van der Waals surface area contributed by atoms with Gasteiger partial charge < -0.3 is 4.90 Å². The van der Waals surface area contributed by atoms with Crippen LogP contribution in [0.2, 0.25) is 0 Å². The third-order valence-electron chi connectivity index (χ3n) is 3.49. The maximum Gasteiger partial charge on any atom is 0.255 e. The Labute approximate surface area is 109 Å². The lowest BCUT2D eigenvalue weighted by atomic mass is 10.1. The molecular formula is C14H23N3O. The van der Waals surface area contributed by atoms with E-state index >= 15 is 0 Å². The van der Waals surface area contributed by atoms with E-state index in [9.17, 15) is 4.79 Å². The molecule has 18 heavy (non-hydrogen) atoms. The molecular weight excluding hydrogens is 226 g/mol. The minimum Gasteiger partial charge on any atom is -0.342 e. The predicted octanol–water partition coefficient (Wildman–Crippen LogP) is 2.34. The molecule has 0 amide bonds. The number of rotatable bonds is 4. The van der Waals surface area contributed by atoms with Crippen molar-refractivity contribution >= 4 is 5.95 Å². The Hall–Kier alpha value is -1.32. The average molecular weight is 249 g/mol. The standard InChI is InChI=1S/C14H23N3O/c1-3-4-10-17-13(18)11-12(2)15-14(17)16-8-6-5-7-9-16/h11H,3-10H2,1-2H3. The Morgan fingerprint density at radius 3 is 2.67 bits per heavy atom. The second-order valence-corrected chi connectivity index (χ2v) is 5.09. The fraction of sp³-hybridized carbons (Fsp3) is 0.714. The van der Waals surface area contributed by atoms with Gasteiger partial charge in [0, 0.05) is 31.4 Å². The zero-order valence-electron chi connectivity index (χ0n) is 11.5. The lowest BCUT2D eigenvalue weighted by Gasteiger charge is -2.29. The van der Waals surface area contributed by atoms with Crippen molar-refractivity contribution in [2.45, 2.75) is 52.5 Å². The van der Waals surface area contributed by atoms with Gasteiger partial charge in [-0.2, -0.15) is 0 Å². The van der Waals surface area contributed by atoms with E-state index in [0.717, 1.165) is 44.1 Å². The second-order valence-electron chi connectivity index (χ2n) is 5.09. The molecule has 0 unspecified atom stereocenters. The molecule has 2 heterocycles. The summed E-state index contributed by atoms with van der Waals surface area (Å²) in [5.41, 5.74) is 0.921. The summed E-state index contributed by atoms with van der Waals surface area (Å²) in [6.07, 6.45) is 5.84. The SMILES string of the molecule is CCCCn1c(N2CCCCC2)nc(C)cc1=O. The molecule has 0 saturated carbocycles. The van der Waals surface area contributed by atoms with Crippen molar-refractivity contribution in [3.8, 4) is 0 Å². The average Bonchev–Trinajstić information content (AvgIpc) is 2.38. The first-order valence-electron chi connectivity index (χ1n) is 7.06. The highest BCUT2D eigenvalue weighted by Gasteiger charge is 2.17. The molecule has 1 aromatic rings. The van der Waals surface area contributed by atoms with Gasteiger partial charge in [-0.25, -0.2) is 4.98 Å². The van der Waals surface area contributed by atoms with E-state index in [4.69, 9.17) is 0 Å². The molecule has 0 aromatic carbocycles. The van der Waals surface area contributed by atoms with Crippen molar-refractivity contribution in [3.63, 3.8) is 0 Å². The minimum absolute atomic E-state index is 0.0940. The van der Waals surface area contributed by atoms with Crippen LogP contribution in [0.25, 0.3) is 0 Å². The van der Waals surface area contributed by atoms with E-state index in [1.165, 1.54) is 19.3 Å². The Morgan fingerprint density at radius 2 is 2.00 bits per heavy atom. The van der Waals surface area contributed by atoms with Crippen LogP contribution in [0.4, 0.5) is 5.95 Å². The summed E-state index contributed by atoms with van der Waals surface area (Å²) >= 11 is 0. The number of unbranched alkanes of at least 4 members (excludes halogenated alkanes) is 1. The molecule has 0 aliphatic carbocycles. The highest BCUT2D eigenvalue weighted by atomic mass is 16.1. The molecule has 0 radical (unpaired) electrons. The van der Waals surface area contributed by atoms with Gasteiger partial charge in [0.25, 0.3) is 5.56 Å². The summed E-state index contributed by atoms with van der Waals surface area (Å²) in [7, 11) is 0. The number of hydrogen-bond donors (Lipinski definition) is 0. The van der Waals surface area contributed by atoms with E-state index in [2.05, 4.69) is 16.8 Å². The Bertz CT molecular complexity index is 447. The maximum absolute atomic E-state index is 12.1. The van der Waals surface area contributed by atoms with Crippen molar-refractivity contribution in [3.05, 3.63) is 22.1 Å². The zero-order chi connectivity index (χ0) is 13.0. The smallest absolute Gasteiger partial charge is 0.255 e. The van der Waals surface area contributed by atoms with Crippen molar-refractivity contribution in [1.82, 2.24) is 9.55 Å². The van der Waals surface area contributed by atoms with Gasteiger partial charge >= 0.3 is 0 Å². The van der Waals surface area contributed by atoms with Crippen molar-refractivity contribution in [2.24, 2.45) is 0 Å². The third-order valence-corrected chi connectivity index (χ3v) is 3.49. The molecule has 0 atom stereocenters. The molecule has 1 aromatic heterocycles. The highest BCUT2D eigenvalue weighted by molar-refractivity contribution is 5.32. The molecule has 100 valence electrons. The van der Waals surface area contributed by atoms with E-state index in [1.807, 2.05) is 11.5 Å². The van der Waals surface area contributed by atoms with Gasteiger partial charge in [0.15, 0.2) is 0 Å². The molecule has 1 aliphatic rings. The van der Waals surface area contributed by atoms with E-state index in [1.54, 1.807) is 6.07 Å². The predicted molar refractivity (Wildman–Crippen MR) is 74.2 cm³/mol. The first-order chi connectivity index (χ1) is 8.72. The summed E-state index contributed by atoms with van der Waals surface area (Å²) in [5.74, 6) is 0.883. The summed E-state index contributed by atoms with van der Waals surface area (Å²) < 4.78 is 1.85. The van der Waals surface area contributed by atoms with Crippen LogP contribution in [0.5, 0.6) is 0 Å². The summed E-state index contributed by atoms with van der Waals surface area (Å²) in [5, 5.41) is 0. The van der Waals surface area contributed by atoms with Gasteiger partial charge in [-0.05, 0) is 32.6 Å². The maximum atomic E-state index is 12.1. The van der Waals surface area contributed by atoms with Gasteiger partial charge in [-0.1, -0.05) is 13.3 Å². The minimum atomic E-state index is 0.0940. The molecule has 2 rings (SSSR count). The van der Waals surface area contributed by atoms with Gasteiger partial charge in [-0.3, -0.25) is 9.36 Å².